The Balaban J connectivity index is 1.66. The second kappa shape index (κ2) is 6.26. The smallest absolute Gasteiger partial charge is 0.228 e. The van der Waals surface area contributed by atoms with Crippen LogP contribution in [-0.2, 0) is 11.2 Å². The second-order valence-corrected chi connectivity index (χ2v) is 5.17. The molecule has 1 amide bonds. The van der Waals surface area contributed by atoms with E-state index in [9.17, 15) is 4.79 Å². The molecule has 0 aliphatic rings. The molecule has 0 aliphatic carbocycles. The quantitative estimate of drug-likeness (QED) is 0.801. The number of imidazole rings is 1. The maximum Gasteiger partial charge on any atom is 0.228 e. The molecule has 0 atom stereocenters. The third kappa shape index (κ3) is 3.23. The highest BCUT2D eigenvalue weighted by Gasteiger charge is 2.06. The van der Waals surface area contributed by atoms with Crippen molar-refractivity contribution in [2.75, 3.05) is 5.32 Å². The van der Waals surface area contributed by atoms with Gasteiger partial charge in [0.25, 0.3) is 0 Å². The van der Waals surface area contributed by atoms with Crippen molar-refractivity contribution in [3.8, 4) is 5.69 Å². The minimum Gasteiger partial charge on any atom is -0.326 e. The molecule has 110 valence electrons. The van der Waals surface area contributed by atoms with Gasteiger partial charge in [0.05, 0.1) is 12.7 Å². The van der Waals surface area contributed by atoms with Gasteiger partial charge in [0.2, 0.25) is 5.91 Å². The number of benzene rings is 2. The van der Waals surface area contributed by atoms with E-state index in [1.165, 1.54) is 0 Å². The predicted octanol–water partition coefficient (Wildman–Crippen LogP) is 3.36. The molecule has 1 heterocycles. The minimum absolute atomic E-state index is 0.00955. The van der Waals surface area contributed by atoms with Crippen molar-refractivity contribution in [3.63, 3.8) is 0 Å². The molecular weight excluding hydrogens is 274 g/mol. The number of hydrogen-bond donors (Lipinski definition) is 1. The van der Waals surface area contributed by atoms with Crippen LogP contribution in [0.5, 0.6) is 0 Å². The molecular formula is C18H17N3O. The summed E-state index contributed by atoms with van der Waals surface area (Å²) >= 11 is 0. The SMILES string of the molecule is Cc1ccccc1CC(=O)Nc1ccc(-n2ccnc2)cc1. The molecule has 0 spiro atoms. The predicted molar refractivity (Wildman–Crippen MR) is 87.1 cm³/mol. The maximum absolute atomic E-state index is 12.1. The molecule has 0 unspecified atom stereocenters. The Bertz CT molecular complexity index is 761. The summed E-state index contributed by atoms with van der Waals surface area (Å²) < 4.78 is 1.92. The number of carbonyl (C=O) groups excluding carboxylic acids is 1. The molecule has 0 aliphatic heterocycles. The number of rotatable bonds is 4. The maximum atomic E-state index is 12.1. The fourth-order valence-electron chi connectivity index (χ4n) is 2.32. The van der Waals surface area contributed by atoms with Crippen molar-refractivity contribution in [2.24, 2.45) is 0 Å². The lowest BCUT2D eigenvalue weighted by Crippen LogP contribution is -2.15. The normalized spacial score (nSPS) is 10.4. The van der Waals surface area contributed by atoms with Crippen LogP contribution in [-0.4, -0.2) is 15.5 Å². The molecule has 3 aromatic rings. The average Bonchev–Trinajstić information content (AvgIpc) is 3.05. The molecule has 4 nitrogen and oxygen atoms in total. The third-order valence-electron chi connectivity index (χ3n) is 3.57. The van der Waals surface area contributed by atoms with Gasteiger partial charge in [-0.2, -0.15) is 0 Å². The van der Waals surface area contributed by atoms with Crippen molar-refractivity contribution in [1.82, 2.24) is 9.55 Å². The first-order valence-corrected chi connectivity index (χ1v) is 7.15. The van der Waals surface area contributed by atoms with Crippen molar-refractivity contribution >= 4 is 11.6 Å². The largest absolute Gasteiger partial charge is 0.326 e. The summed E-state index contributed by atoms with van der Waals surface area (Å²) in [7, 11) is 0. The summed E-state index contributed by atoms with van der Waals surface area (Å²) in [6, 6.07) is 15.6. The highest BCUT2D eigenvalue weighted by molar-refractivity contribution is 5.92. The molecule has 2 aromatic carbocycles. The van der Waals surface area contributed by atoms with Gasteiger partial charge in [0.15, 0.2) is 0 Å². The molecule has 0 saturated heterocycles. The minimum atomic E-state index is -0.00955. The molecule has 3 rings (SSSR count). The Morgan fingerprint density at radius 1 is 1.14 bits per heavy atom. The summed E-state index contributed by atoms with van der Waals surface area (Å²) in [5.74, 6) is -0.00955. The Hall–Kier alpha value is -2.88. The number of anilines is 1. The van der Waals surface area contributed by atoms with E-state index in [0.717, 1.165) is 22.5 Å². The van der Waals surface area contributed by atoms with Gasteiger partial charge in [-0.15, -0.1) is 0 Å². The standard InChI is InChI=1S/C18H17N3O/c1-14-4-2-3-5-15(14)12-18(22)20-16-6-8-17(9-7-16)21-11-10-19-13-21/h2-11,13H,12H2,1H3,(H,20,22). The van der Waals surface area contributed by atoms with Crippen LogP contribution < -0.4 is 5.32 Å². The first-order chi connectivity index (χ1) is 10.7. The van der Waals surface area contributed by atoms with Gasteiger partial charge in [0.1, 0.15) is 0 Å². The van der Waals surface area contributed by atoms with Crippen LogP contribution in [0.3, 0.4) is 0 Å². The van der Waals surface area contributed by atoms with Gasteiger partial charge >= 0.3 is 0 Å². The number of carbonyl (C=O) groups is 1. The van der Waals surface area contributed by atoms with Crippen LogP contribution >= 0.6 is 0 Å². The van der Waals surface area contributed by atoms with E-state index in [1.807, 2.05) is 66.2 Å². The van der Waals surface area contributed by atoms with Crippen molar-refractivity contribution in [1.29, 1.82) is 0 Å². The molecule has 22 heavy (non-hydrogen) atoms. The highest BCUT2D eigenvalue weighted by atomic mass is 16.1. The molecule has 1 N–H and O–H groups in total. The average molecular weight is 291 g/mol. The fourth-order valence-corrected chi connectivity index (χ4v) is 2.32. The lowest BCUT2D eigenvalue weighted by molar-refractivity contribution is -0.115. The molecule has 1 aromatic heterocycles. The third-order valence-corrected chi connectivity index (χ3v) is 3.57. The Kier molecular flexibility index (Phi) is 4.01. The van der Waals surface area contributed by atoms with Gasteiger partial charge in [-0.25, -0.2) is 4.98 Å². The van der Waals surface area contributed by atoms with E-state index in [0.29, 0.717) is 6.42 Å². The lowest BCUT2D eigenvalue weighted by atomic mass is 10.1. The Morgan fingerprint density at radius 3 is 2.59 bits per heavy atom. The van der Waals surface area contributed by atoms with E-state index in [-0.39, 0.29) is 5.91 Å². The zero-order valence-electron chi connectivity index (χ0n) is 12.4. The van der Waals surface area contributed by atoms with Crippen LogP contribution in [0.1, 0.15) is 11.1 Å². The number of amides is 1. The van der Waals surface area contributed by atoms with Gasteiger partial charge in [-0.05, 0) is 42.3 Å². The van der Waals surface area contributed by atoms with Crippen molar-refractivity contribution in [3.05, 3.63) is 78.4 Å². The molecule has 4 heteroatoms. The van der Waals surface area contributed by atoms with Crippen LogP contribution in [0.25, 0.3) is 5.69 Å². The van der Waals surface area contributed by atoms with E-state index >= 15 is 0 Å². The number of aryl methyl sites for hydroxylation is 1. The van der Waals surface area contributed by atoms with Gasteiger partial charge in [-0.3, -0.25) is 4.79 Å². The summed E-state index contributed by atoms with van der Waals surface area (Å²) in [6.45, 7) is 2.02. The van der Waals surface area contributed by atoms with Crippen LogP contribution in [0.4, 0.5) is 5.69 Å². The number of nitrogens with one attached hydrogen (secondary N) is 1. The van der Waals surface area contributed by atoms with Crippen LogP contribution in [0, 0.1) is 6.92 Å². The van der Waals surface area contributed by atoms with E-state index in [4.69, 9.17) is 0 Å². The Morgan fingerprint density at radius 2 is 1.91 bits per heavy atom. The number of aromatic nitrogens is 2. The zero-order chi connectivity index (χ0) is 15.4. The second-order valence-electron chi connectivity index (χ2n) is 5.17. The van der Waals surface area contributed by atoms with Gasteiger partial charge in [0, 0.05) is 23.8 Å². The summed E-state index contributed by atoms with van der Waals surface area (Å²) in [5, 5.41) is 2.93. The van der Waals surface area contributed by atoms with Crippen molar-refractivity contribution < 1.29 is 4.79 Å². The zero-order valence-corrected chi connectivity index (χ0v) is 12.4. The molecule has 0 saturated carbocycles. The van der Waals surface area contributed by atoms with Gasteiger partial charge in [-0.1, -0.05) is 24.3 Å². The van der Waals surface area contributed by atoms with Crippen LogP contribution in [0.15, 0.2) is 67.3 Å². The molecule has 0 fully saturated rings. The van der Waals surface area contributed by atoms with E-state index in [2.05, 4.69) is 10.3 Å². The molecule has 0 radical (unpaired) electrons. The monoisotopic (exact) mass is 291 g/mol. The number of nitrogens with zero attached hydrogens (tertiary/aromatic N) is 2. The first kappa shape index (κ1) is 14.1. The first-order valence-electron chi connectivity index (χ1n) is 7.15. The highest BCUT2D eigenvalue weighted by Crippen LogP contribution is 2.14. The Labute approximate surface area is 129 Å². The summed E-state index contributed by atoms with van der Waals surface area (Å²) in [4.78, 5) is 16.1. The summed E-state index contributed by atoms with van der Waals surface area (Å²) in [6.07, 6.45) is 5.74. The lowest BCUT2D eigenvalue weighted by Gasteiger charge is -2.08. The van der Waals surface area contributed by atoms with Gasteiger partial charge < -0.3 is 9.88 Å². The molecule has 0 bridgehead atoms. The number of hydrogen-bond acceptors (Lipinski definition) is 2. The van der Waals surface area contributed by atoms with Crippen molar-refractivity contribution in [2.45, 2.75) is 13.3 Å². The topological polar surface area (TPSA) is 46.9 Å². The van der Waals surface area contributed by atoms with E-state index in [1.54, 1.807) is 12.5 Å². The summed E-state index contributed by atoms with van der Waals surface area (Å²) in [5.41, 5.74) is 3.99. The fraction of sp³-hybridized carbons (Fsp3) is 0.111. The van der Waals surface area contributed by atoms with E-state index < -0.39 is 0 Å². The van der Waals surface area contributed by atoms with Crippen LogP contribution in [0.2, 0.25) is 0 Å².